The van der Waals surface area contributed by atoms with Crippen LogP contribution in [0.25, 0.3) is 0 Å². The van der Waals surface area contributed by atoms with Crippen molar-refractivity contribution in [2.24, 2.45) is 0 Å². The molecular weight excluding hydrogens is 324 g/mol. The molecule has 5 heteroatoms. The van der Waals surface area contributed by atoms with Crippen LogP contribution in [0.5, 0.6) is 0 Å². The number of nitrogens with zero attached hydrogens (tertiary/aromatic N) is 1. The number of halogens is 2. The molecule has 1 aromatic heterocycles. The van der Waals surface area contributed by atoms with Crippen LogP contribution in [0, 0.1) is 11.6 Å². The van der Waals surface area contributed by atoms with Crippen molar-refractivity contribution in [1.82, 2.24) is 4.90 Å². The van der Waals surface area contributed by atoms with Gasteiger partial charge in [-0.3, -0.25) is 4.90 Å². The molecule has 3 rings (SSSR count). The average molecular weight is 343 g/mol. The van der Waals surface area contributed by atoms with Crippen molar-refractivity contribution in [1.29, 1.82) is 0 Å². The number of aliphatic hydroxyl groups is 1. The van der Waals surface area contributed by atoms with E-state index in [-0.39, 0.29) is 6.54 Å². The zero-order valence-electron chi connectivity index (χ0n) is 13.6. The monoisotopic (exact) mass is 343 g/mol. The summed E-state index contributed by atoms with van der Waals surface area (Å²) in [7, 11) is 0. The predicted molar refractivity (Wildman–Crippen MR) is 90.6 cm³/mol. The Balaban J connectivity index is 1.77. The zero-order valence-corrected chi connectivity index (χ0v) is 13.6. The first-order chi connectivity index (χ1) is 12.1. The summed E-state index contributed by atoms with van der Waals surface area (Å²) in [5, 5.41) is 10.5. The van der Waals surface area contributed by atoms with Crippen molar-refractivity contribution < 1.29 is 18.3 Å². The van der Waals surface area contributed by atoms with Gasteiger partial charge >= 0.3 is 0 Å². The summed E-state index contributed by atoms with van der Waals surface area (Å²) in [6.45, 7) is 0.936. The predicted octanol–water partition coefficient (Wildman–Crippen LogP) is 4.29. The Labute approximate surface area is 145 Å². The molecule has 0 spiro atoms. The summed E-state index contributed by atoms with van der Waals surface area (Å²) in [4.78, 5) is 1.87. The normalized spacial score (nSPS) is 12.5. The van der Waals surface area contributed by atoms with E-state index in [1.54, 1.807) is 12.3 Å². The summed E-state index contributed by atoms with van der Waals surface area (Å²) >= 11 is 0. The Morgan fingerprint density at radius 1 is 0.960 bits per heavy atom. The maximum Gasteiger partial charge on any atom is 0.130 e. The van der Waals surface area contributed by atoms with Gasteiger partial charge < -0.3 is 9.52 Å². The van der Waals surface area contributed by atoms with Crippen LogP contribution in [0.15, 0.2) is 71.3 Å². The van der Waals surface area contributed by atoms with Crippen molar-refractivity contribution in [2.45, 2.75) is 19.2 Å². The quantitative estimate of drug-likeness (QED) is 0.695. The van der Waals surface area contributed by atoms with Gasteiger partial charge in [0.25, 0.3) is 0 Å². The van der Waals surface area contributed by atoms with Gasteiger partial charge in [-0.1, -0.05) is 36.4 Å². The van der Waals surface area contributed by atoms with Crippen LogP contribution in [-0.4, -0.2) is 16.6 Å². The highest BCUT2D eigenvalue weighted by Crippen LogP contribution is 2.19. The lowest BCUT2D eigenvalue weighted by Gasteiger charge is -2.24. The topological polar surface area (TPSA) is 36.6 Å². The van der Waals surface area contributed by atoms with Crippen LogP contribution < -0.4 is 0 Å². The molecule has 0 bridgehead atoms. The van der Waals surface area contributed by atoms with Gasteiger partial charge in [-0.15, -0.1) is 0 Å². The van der Waals surface area contributed by atoms with E-state index in [4.69, 9.17) is 4.42 Å². The van der Waals surface area contributed by atoms with E-state index < -0.39 is 17.7 Å². The smallest absolute Gasteiger partial charge is 0.130 e. The van der Waals surface area contributed by atoms with Crippen LogP contribution in [-0.2, 0) is 13.1 Å². The molecule has 2 aromatic carbocycles. The van der Waals surface area contributed by atoms with Gasteiger partial charge in [0, 0.05) is 24.7 Å². The van der Waals surface area contributed by atoms with Gasteiger partial charge in [0.15, 0.2) is 0 Å². The van der Waals surface area contributed by atoms with Crippen LogP contribution in [0.2, 0.25) is 0 Å². The number of benzene rings is 2. The molecule has 1 N–H and O–H groups in total. The van der Waals surface area contributed by atoms with Crippen molar-refractivity contribution in [3.8, 4) is 0 Å². The minimum atomic E-state index is -0.723. The largest absolute Gasteiger partial charge is 0.468 e. The minimum Gasteiger partial charge on any atom is -0.468 e. The molecule has 3 nitrogen and oxygen atoms in total. The minimum absolute atomic E-state index is 0.233. The van der Waals surface area contributed by atoms with E-state index >= 15 is 0 Å². The number of rotatable bonds is 7. The molecule has 0 radical (unpaired) electrons. The Morgan fingerprint density at radius 3 is 2.44 bits per heavy atom. The van der Waals surface area contributed by atoms with Gasteiger partial charge in [-0.05, 0) is 23.8 Å². The zero-order chi connectivity index (χ0) is 17.6. The molecule has 0 saturated heterocycles. The van der Waals surface area contributed by atoms with E-state index in [0.717, 1.165) is 11.6 Å². The van der Waals surface area contributed by atoms with Crippen molar-refractivity contribution in [3.05, 3.63) is 95.4 Å². The van der Waals surface area contributed by atoms with Crippen LogP contribution in [0.1, 0.15) is 23.0 Å². The highest BCUT2D eigenvalue weighted by Gasteiger charge is 2.17. The summed E-state index contributed by atoms with van der Waals surface area (Å²) in [5.41, 5.74) is 1.15. The molecule has 3 aromatic rings. The number of aliphatic hydroxyl groups excluding tert-OH is 1. The fraction of sp³-hybridized carbons (Fsp3) is 0.200. The first-order valence-corrected chi connectivity index (χ1v) is 8.03. The molecule has 0 amide bonds. The highest BCUT2D eigenvalue weighted by atomic mass is 19.1. The van der Waals surface area contributed by atoms with E-state index in [2.05, 4.69) is 0 Å². The molecule has 1 heterocycles. The van der Waals surface area contributed by atoms with Crippen molar-refractivity contribution >= 4 is 0 Å². The molecule has 0 fully saturated rings. The summed E-state index contributed by atoms with van der Waals surface area (Å²) in [6, 6.07) is 16.4. The molecule has 0 aliphatic rings. The fourth-order valence-corrected chi connectivity index (χ4v) is 2.72. The van der Waals surface area contributed by atoms with Gasteiger partial charge in [0.05, 0.1) is 18.9 Å². The van der Waals surface area contributed by atoms with E-state index in [1.165, 1.54) is 12.1 Å². The van der Waals surface area contributed by atoms with Crippen molar-refractivity contribution in [3.63, 3.8) is 0 Å². The third kappa shape index (κ3) is 4.75. The number of hydrogen-bond donors (Lipinski definition) is 1. The fourth-order valence-electron chi connectivity index (χ4n) is 2.72. The first-order valence-electron chi connectivity index (χ1n) is 8.03. The van der Waals surface area contributed by atoms with Crippen LogP contribution in [0.4, 0.5) is 8.78 Å². The average Bonchev–Trinajstić information content (AvgIpc) is 3.11. The second kappa shape index (κ2) is 8.05. The third-order valence-electron chi connectivity index (χ3n) is 3.98. The van der Waals surface area contributed by atoms with Crippen LogP contribution in [0.3, 0.4) is 0 Å². The maximum atomic E-state index is 14.0. The molecule has 25 heavy (non-hydrogen) atoms. The van der Waals surface area contributed by atoms with Gasteiger partial charge in [-0.2, -0.15) is 0 Å². The first kappa shape index (κ1) is 17.3. The third-order valence-corrected chi connectivity index (χ3v) is 3.98. The Hall–Kier alpha value is -2.50. The van der Waals surface area contributed by atoms with Gasteiger partial charge in [0.2, 0.25) is 0 Å². The van der Waals surface area contributed by atoms with E-state index in [0.29, 0.717) is 24.4 Å². The second-order valence-electron chi connectivity index (χ2n) is 5.91. The Kier molecular flexibility index (Phi) is 5.58. The maximum absolute atomic E-state index is 14.0. The van der Waals surface area contributed by atoms with Crippen LogP contribution >= 0.6 is 0 Å². The molecule has 0 saturated carbocycles. The second-order valence-corrected chi connectivity index (χ2v) is 5.91. The standard InChI is InChI=1S/C20H19F2NO2/c21-17-9-8-16(19(22)11-17)12-23(13-18-7-4-10-25-18)14-20(24)15-5-2-1-3-6-15/h1-11,20,24H,12-14H2. The molecule has 130 valence electrons. The molecular formula is C20H19F2NO2. The van der Waals surface area contributed by atoms with Crippen molar-refractivity contribution in [2.75, 3.05) is 6.54 Å². The van der Waals surface area contributed by atoms with E-state index in [1.807, 2.05) is 41.3 Å². The Bertz CT molecular complexity index is 791. The summed E-state index contributed by atoms with van der Waals surface area (Å²) in [5.74, 6) is -0.496. The molecule has 1 unspecified atom stereocenters. The lowest BCUT2D eigenvalue weighted by molar-refractivity contribution is 0.0997. The number of furan rings is 1. The van der Waals surface area contributed by atoms with Gasteiger partial charge in [-0.25, -0.2) is 8.78 Å². The van der Waals surface area contributed by atoms with Gasteiger partial charge in [0.1, 0.15) is 17.4 Å². The van der Waals surface area contributed by atoms with E-state index in [9.17, 15) is 13.9 Å². The summed E-state index contributed by atoms with van der Waals surface area (Å²) < 4.78 is 32.5. The number of hydrogen-bond acceptors (Lipinski definition) is 3. The lowest BCUT2D eigenvalue weighted by Crippen LogP contribution is -2.28. The molecule has 1 atom stereocenters. The SMILES string of the molecule is OC(CN(Cc1ccco1)Cc1ccc(F)cc1F)c1ccccc1. The lowest BCUT2D eigenvalue weighted by atomic mass is 10.1. The highest BCUT2D eigenvalue weighted by molar-refractivity contribution is 5.20. The Morgan fingerprint density at radius 2 is 1.76 bits per heavy atom. The molecule has 0 aliphatic carbocycles. The molecule has 0 aliphatic heterocycles. The summed E-state index contributed by atoms with van der Waals surface area (Å²) in [6.07, 6.45) is 0.847.